The van der Waals surface area contributed by atoms with Gasteiger partial charge in [-0.2, -0.15) is 0 Å². The Bertz CT molecular complexity index is 620. The van der Waals surface area contributed by atoms with E-state index in [9.17, 15) is 9.90 Å². The van der Waals surface area contributed by atoms with Crippen molar-refractivity contribution in [2.24, 2.45) is 0 Å². The van der Waals surface area contributed by atoms with Gasteiger partial charge in [0.05, 0.1) is 16.9 Å². The summed E-state index contributed by atoms with van der Waals surface area (Å²) in [6.45, 7) is 13.2. The topological polar surface area (TPSA) is 77.0 Å². The molecule has 1 aliphatic rings. The van der Waals surface area contributed by atoms with Crippen molar-refractivity contribution in [3.8, 4) is 5.75 Å². The maximum atomic E-state index is 11.8. The van der Waals surface area contributed by atoms with Crippen molar-refractivity contribution in [2.75, 3.05) is 5.32 Å². The van der Waals surface area contributed by atoms with Crippen LogP contribution in [0.4, 0.5) is 10.5 Å². The zero-order valence-corrected chi connectivity index (χ0v) is 15.4. The Kier molecular flexibility index (Phi) is 4.63. The summed E-state index contributed by atoms with van der Waals surface area (Å²) < 4.78 is 17.1. The first-order valence-electron chi connectivity index (χ1n) is 7.99. The van der Waals surface area contributed by atoms with Crippen molar-refractivity contribution in [2.45, 2.75) is 65.3 Å². The third-order valence-electron chi connectivity index (χ3n) is 4.18. The van der Waals surface area contributed by atoms with Crippen LogP contribution in [0, 0.1) is 0 Å². The zero-order valence-electron chi connectivity index (χ0n) is 15.4. The highest BCUT2D eigenvalue weighted by atomic mass is 16.7. The van der Waals surface area contributed by atoms with Crippen LogP contribution in [0.2, 0.25) is 0 Å². The van der Waals surface area contributed by atoms with Gasteiger partial charge in [0.1, 0.15) is 11.4 Å². The lowest BCUT2D eigenvalue weighted by Gasteiger charge is -2.32. The fourth-order valence-corrected chi connectivity index (χ4v) is 2.19. The van der Waals surface area contributed by atoms with Crippen LogP contribution in [-0.4, -0.2) is 35.1 Å². The quantitative estimate of drug-likeness (QED) is 0.642. The molecule has 1 aromatic carbocycles. The number of nitrogens with one attached hydrogen (secondary N) is 1. The number of hydrogen-bond acceptors (Lipinski definition) is 5. The van der Waals surface area contributed by atoms with Gasteiger partial charge in [-0.15, -0.1) is 0 Å². The van der Waals surface area contributed by atoms with E-state index in [0.29, 0.717) is 5.46 Å². The van der Waals surface area contributed by atoms with Gasteiger partial charge in [-0.3, -0.25) is 5.32 Å². The SMILES string of the molecule is CC(C)(C)OC(=O)Nc1ccc(B2OC(C)(C)C(C)(C)O2)cc1O. The summed E-state index contributed by atoms with van der Waals surface area (Å²) in [7, 11) is -0.573. The molecule has 2 N–H and O–H groups in total. The predicted octanol–water partition coefficient (Wildman–Crippen LogP) is 3.04. The molecule has 0 bridgehead atoms. The van der Waals surface area contributed by atoms with Crippen molar-refractivity contribution < 1.29 is 23.9 Å². The average Bonchev–Trinajstić information content (AvgIpc) is 2.58. The molecule has 7 heteroatoms. The van der Waals surface area contributed by atoms with Gasteiger partial charge in [-0.25, -0.2) is 4.79 Å². The molecule has 1 aromatic rings. The molecular weight excluding hydrogens is 309 g/mol. The molecule has 24 heavy (non-hydrogen) atoms. The lowest BCUT2D eigenvalue weighted by Crippen LogP contribution is -2.41. The van der Waals surface area contributed by atoms with Crippen LogP contribution in [0.5, 0.6) is 5.75 Å². The van der Waals surface area contributed by atoms with Crippen molar-refractivity contribution in [1.82, 2.24) is 0 Å². The molecule has 1 amide bonds. The number of carbonyl (C=O) groups excluding carboxylic acids is 1. The standard InChI is InChI=1S/C17H26BNO5/c1-15(2,3)22-14(21)19-12-9-8-11(10-13(12)20)18-23-16(4,5)17(6,7)24-18/h8-10,20H,1-7H3,(H,19,21). The van der Waals surface area contributed by atoms with Crippen molar-refractivity contribution in [3.63, 3.8) is 0 Å². The normalized spacial score (nSPS) is 19.2. The highest BCUT2D eigenvalue weighted by molar-refractivity contribution is 6.62. The first-order valence-corrected chi connectivity index (χ1v) is 7.99. The van der Waals surface area contributed by atoms with Gasteiger partial charge in [-0.1, -0.05) is 6.07 Å². The van der Waals surface area contributed by atoms with E-state index in [0.717, 1.165) is 0 Å². The fourth-order valence-electron chi connectivity index (χ4n) is 2.19. The van der Waals surface area contributed by atoms with Gasteiger partial charge >= 0.3 is 13.2 Å². The largest absolute Gasteiger partial charge is 0.506 e. The fraction of sp³-hybridized carbons (Fsp3) is 0.588. The van der Waals surface area contributed by atoms with Gasteiger partial charge in [0.2, 0.25) is 0 Å². The molecule has 0 unspecified atom stereocenters. The number of benzene rings is 1. The molecule has 2 rings (SSSR count). The molecule has 0 aliphatic carbocycles. The molecular formula is C17H26BNO5. The Morgan fingerprint density at radius 2 is 1.71 bits per heavy atom. The number of carbonyl (C=O) groups is 1. The number of anilines is 1. The van der Waals surface area contributed by atoms with E-state index in [-0.39, 0.29) is 11.4 Å². The Morgan fingerprint density at radius 3 is 2.17 bits per heavy atom. The Hall–Kier alpha value is -1.73. The van der Waals surface area contributed by atoms with Crippen LogP contribution in [-0.2, 0) is 14.0 Å². The number of aromatic hydroxyl groups is 1. The van der Waals surface area contributed by atoms with Crippen molar-refractivity contribution in [1.29, 1.82) is 0 Å². The number of phenols is 1. The summed E-state index contributed by atoms with van der Waals surface area (Å²) in [4.78, 5) is 11.8. The second-order valence-electron chi connectivity index (χ2n) is 7.99. The molecule has 0 saturated carbocycles. The van der Waals surface area contributed by atoms with Crippen LogP contribution in [0.25, 0.3) is 0 Å². The second kappa shape index (κ2) is 5.97. The number of ether oxygens (including phenoxy) is 1. The summed E-state index contributed by atoms with van der Waals surface area (Å²) in [6.07, 6.45) is -0.624. The first-order chi connectivity index (χ1) is 10.8. The predicted molar refractivity (Wildman–Crippen MR) is 93.7 cm³/mol. The summed E-state index contributed by atoms with van der Waals surface area (Å²) >= 11 is 0. The van der Waals surface area contributed by atoms with E-state index in [1.807, 2.05) is 27.7 Å². The molecule has 1 heterocycles. The Balaban J connectivity index is 2.12. The monoisotopic (exact) mass is 335 g/mol. The lowest BCUT2D eigenvalue weighted by atomic mass is 9.79. The summed E-state index contributed by atoms with van der Waals surface area (Å²) in [5, 5.41) is 12.7. The average molecular weight is 335 g/mol. The van der Waals surface area contributed by atoms with Crippen LogP contribution in [0.1, 0.15) is 48.5 Å². The van der Waals surface area contributed by atoms with E-state index in [4.69, 9.17) is 14.0 Å². The van der Waals surface area contributed by atoms with Crippen LogP contribution in [0.3, 0.4) is 0 Å². The second-order valence-corrected chi connectivity index (χ2v) is 7.99. The van der Waals surface area contributed by atoms with Gasteiger partial charge in [-0.05, 0) is 66.1 Å². The third kappa shape index (κ3) is 4.02. The van der Waals surface area contributed by atoms with E-state index < -0.39 is 30.0 Å². The molecule has 6 nitrogen and oxygen atoms in total. The maximum Gasteiger partial charge on any atom is 0.494 e. The molecule has 0 aromatic heterocycles. The summed E-state index contributed by atoms with van der Waals surface area (Å²) in [5.41, 5.74) is -0.575. The number of amides is 1. The van der Waals surface area contributed by atoms with E-state index in [2.05, 4.69) is 5.32 Å². The molecule has 1 fully saturated rings. The van der Waals surface area contributed by atoms with Gasteiger partial charge in [0, 0.05) is 0 Å². The highest BCUT2D eigenvalue weighted by Crippen LogP contribution is 2.37. The summed E-state index contributed by atoms with van der Waals surface area (Å²) in [6, 6.07) is 4.86. The third-order valence-corrected chi connectivity index (χ3v) is 4.18. The van der Waals surface area contributed by atoms with Crippen LogP contribution < -0.4 is 10.8 Å². The molecule has 0 spiro atoms. The van der Waals surface area contributed by atoms with Crippen LogP contribution in [0.15, 0.2) is 18.2 Å². The number of rotatable bonds is 2. The maximum absolute atomic E-state index is 11.8. The van der Waals surface area contributed by atoms with Gasteiger partial charge in [0.15, 0.2) is 0 Å². The minimum atomic E-state index is -0.624. The minimum Gasteiger partial charge on any atom is -0.506 e. The van der Waals surface area contributed by atoms with Crippen LogP contribution >= 0.6 is 0 Å². The van der Waals surface area contributed by atoms with E-state index in [1.54, 1.807) is 32.9 Å². The molecule has 0 radical (unpaired) electrons. The highest BCUT2D eigenvalue weighted by Gasteiger charge is 2.51. The number of hydrogen-bond donors (Lipinski definition) is 2. The molecule has 0 atom stereocenters. The molecule has 132 valence electrons. The minimum absolute atomic E-state index is 0.0759. The zero-order chi connectivity index (χ0) is 18.3. The smallest absolute Gasteiger partial charge is 0.494 e. The van der Waals surface area contributed by atoms with Gasteiger partial charge in [0.25, 0.3) is 0 Å². The van der Waals surface area contributed by atoms with Crippen molar-refractivity contribution in [3.05, 3.63) is 18.2 Å². The van der Waals surface area contributed by atoms with Crippen molar-refractivity contribution >= 4 is 24.4 Å². The first kappa shape index (κ1) is 18.6. The molecule has 1 saturated heterocycles. The Morgan fingerprint density at radius 1 is 1.17 bits per heavy atom. The Labute approximate surface area is 143 Å². The summed E-state index contributed by atoms with van der Waals surface area (Å²) in [5.74, 6) is -0.0759. The number of phenolic OH excluding ortho intramolecular Hbond substituents is 1. The van der Waals surface area contributed by atoms with E-state index in [1.165, 1.54) is 6.07 Å². The van der Waals surface area contributed by atoms with E-state index >= 15 is 0 Å². The van der Waals surface area contributed by atoms with Gasteiger partial charge < -0.3 is 19.2 Å². The lowest BCUT2D eigenvalue weighted by molar-refractivity contribution is 0.00578. The molecule has 1 aliphatic heterocycles.